The summed E-state index contributed by atoms with van der Waals surface area (Å²) >= 11 is 0. The molecule has 0 saturated carbocycles. The van der Waals surface area contributed by atoms with Gasteiger partial charge in [-0.1, -0.05) is 25.4 Å². The minimum atomic E-state index is 0.516. The van der Waals surface area contributed by atoms with Crippen LogP contribution in [0.3, 0.4) is 0 Å². The van der Waals surface area contributed by atoms with Gasteiger partial charge < -0.3 is 4.98 Å². The lowest BCUT2D eigenvalue weighted by Gasteiger charge is -2.08. The van der Waals surface area contributed by atoms with Gasteiger partial charge in [-0.15, -0.1) is 0 Å². The normalized spacial score (nSPS) is 11.3. The minimum absolute atomic E-state index is 0.516. The first-order valence-electron chi connectivity index (χ1n) is 4.55. The van der Waals surface area contributed by atoms with Crippen LogP contribution in [0.4, 0.5) is 0 Å². The van der Waals surface area contributed by atoms with Crippen LogP contribution in [0.15, 0.2) is 24.4 Å². The first-order valence-corrected chi connectivity index (χ1v) is 4.55. The molecule has 13 heavy (non-hydrogen) atoms. The molecule has 1 aromatic carbocycles. The van der Waals surface area contributed by atoms with Crippen LogP contribution in [-0.4, -0.2) is 12.8 Å². The van der Waals surface area contributed by atoms with E-state index in [1.807, 2.05) is 12.3 Å². The van der Waals surface area contributed by atoms with Crippen molar-refractivity contribution in [1.82, 2.24) is 4.98 Å². The molecule has 0 aliphatic rings. The second-order valence-corrected chi connectivity index (χ2v) is 3.70. The molecule has 1 aromatic heterocycles. The first-order chi connectivity index (χ1) is 6.18. The second-order valence-electron chi connectivity index (χ2n) is 3.70. The summed E-state index contributed by atoms with van der Waals surface area (Å²) in [7, 11) is 5.80. The quantitative estimate of drug-likeness (QED) is 0.629. The van der Waals surface area contributed by atoms with Crippen LogP contribution in [0, 0.1) is 0 Å². The number of rotatable bonds is 1. The highest BCUT2D eigenvalue weighted by molar-refractivity contribution is 6.33. The molecular formula is C11H12BN. The fourth-order valence-corrected chi connectivity index (χ4v) is 1.70. The highest BCUT2D eigenvalue weighted by Gasteiger charge is 2.05. The van der Waals surface area contributed by atoms with Gasteiger partial charge in [-0.05, 0) is 23.6 Å². The number of aromatic amines is 1. The number of aromatic nitrogens is 1. The lowest BCUT2D eigenvalue weighted by Crippen LogP contribution is -2.04. The van der Waals surface area contributed by atoms with Crippen LogP contribution in [0.2, 0.25) is 0 Å². The summed E-state index contributed by atoms with van der Waals surface area (Å²) in [4.78, 5) is 3.18. The highest BCUT2D eigenvalue weighted by Crippen LogP contribution is 2.23. The highest BCUT2D eigenvalue weighted by atomic mass is 14.7. The van der Waals surface area contributed by atoms with E-state index in [-0.39, 0.29) is 0 Å². The van der Waals surface area contributed by atoms with Crippen molar-refractivity contribution < 1.29 is 0 Å². The van der Waals surface area contributed by atoms with E-state index in [9.17, 15) is 0 Å². The molecule has 0 amide bonds. The van der Waals surface area contributed by atoms with E-state index in [1.54, 1.807) is 0 Å². The van der Waals surface area contributed by atoms with Crippen LogP contribution in [0.1, 0.15) is 25.3 Å². The summed E-state index contributed by atoms with van der Waals surface area (Å²) in [5.74, 6) is 0.516. The van der Waals surface area contributed by atoms with E-state index in [0.29, 0.717) is 5.92 Å². The third-order valence-electron chi connectivity index (χ3n) is 2.35. The third kappa shape index (κ3) is 1.37. The molecule has 0 atom stereocenters. The molecule has 1 heterocycles. The van der Waals surface area contributed by atoms with Crippen molar-refractivity contribution in [3.8, 4) is 0 Å². The monoisotopic (exact) mass is 169 g/mol. The Balaban J connectivity index is 2.77. The van der Waals surface area contributed by atoms with Crippen LogP contribution < -0.4 is 5.46 Å². The summed E-state index contributed by atoms with van der Waals surface area (Å²) < 4.78 is 0. The van der Waals surface area contributed by atoms with Crippen molar-refractivity contribution >= 4 is 24.2 Å². The fourth-order valence-electron chi connectivity index (χ4n) is 1.70. The average Bonchev–Trinajstić information content (AvgIpc) is 2.49. The SMILES string of the molecule is [B]c1cc(C(C)C)c2cc[nH]c2c1. The fraction of sp³-hybridized carbons (Fsp3) is 0.273. The smallest absolute Gasteiger partial charge is 0.113 e. The van der Waals surface area contributed by atoms with Crippen LogP contribution in [-0.2, 0) is 0 Å². The zero-order valence-electron chi connectivity index (χ0n) is 7.96. The number of benzene rings is 1. The van der Waals surface area contributed by atoms with Gasteiger partial charge in [0.15, 0.2) is 0 Å². The predicted octanol–water partition coefficient (Wildman–Crippen LogP) is 2.09. The molecule has 2 radical (unpaired) electrons. The molecule has 0 spiro atoms. The Bertz CT molecular complexity index is 429. The maximum absolute atomic E-state index is 5.80. The molecule has 1 nitrogen and oxygen atoms in total. The van der Waals surface area contributed by atoms with Gasteiger partial charge in [-0.2, -0.15) is 0 Å². The molecular weight excluding hydrogens is 157 g/mol. The van der Waals surface area contributed by atoms with E-state index < -0.39 is 0 Å². The summed E-state index contributed by atoms with van der Waals surface area (Å²) in [5, 5.41) is 1.28. The van der Waals surface area contributed by atoms with Gasteiger partial charge in [-0.25, -0.2) is 0 Å². The summed E-state index contributed by atoms with van der Waals surface area (Å²) in [6.45, 7) is 4.36. The molecule has 0 aliphatic carbocycles. The number of fused-ring (bicyclic) bond motifs is 1. The number of hydrogen-bond donors (Lipinski definition) is 1. The summed E-state index contributed by atoms with van der Waals surface area (Å²) in [6, 6.07) is 6.13. The predicted molar refractivity (Wildman–Crippen MR) is 57.8 cm³/mol. The molecule has 0 bridgehead atoms. The topological polar surface area (TPSA) is 15.8 Å². The average molecular weight is 169 g/mol. The van der Waals surface area contributed by atoms with Crippen molar-refractivity contribution in [3.63, 3.8) is 0 Å². The van der Waals surface area contributed by atoms with Crippen molar-refractivity contribution in [2.24, 2.45) is 0 Å². The van der Waals surface area contributed by atoms with Gasteiger partial charge in [0.1, 0.15) is 7.85 Å². The van der Waals surface area contributed by atoms with Gasteiger partial charge in [0.2, 0.25) is 0 Å². The molecule has 0 saturated heterocycles. The van der Waals surface area contributed by atoms with Gasteiger partial charge in [0, 0.05) is 17.1 Å². The Morgan fingerprint density at radius 2 is 2.08 bits per heavy atom. The number of H-pyrrole nitrogens is 1. The van der Waals surface area contributed by atoms with Crippen LogP contribution in [0.5, 0.6) is 0 Å². The molecule has 0 unspecified atom stereocenters. The Morgan fingerprint density at radius 3 is 2.77 bits per heavy atom. The molecule has 0 aliphatic heterocycles. The van der Waals surface area contributed by atoms with Gasteiger partial charge >= 0.3 is 0 Å². The van der Waals surface area contributed by atoms with Crippen molar-refractivity contribution in [2.75, 3.05) is 0 Å². The van der Waals surface area contributed by atoms with E-state index in [2.05, 4.69) is 31.0 Å². The van der Waals surface area contributed by atoms with Gasteiger partial charge in [-0.3, -0.25) is 0 Å². The van der Waals surface area contributed by atoms with E-state index in [4.69, 9.17) is 7.85 Å². The largest absolute Gasteiger partial charge is 0.361 e. The van der Waals surface area contributed by atoms with Crippen molar-refractivity contribution in [3.05, 3.63) is 30.0 Å². The van der Waals surface area contributed by atoms with Gasteiger partial charge in [0.25, 0.3) is 0 Å². The summed E-state index contributed by atoms with van der Waals surface area (Å²) in [6.07, 6.45) is 1.95. The molecule has 0 fully saturated rings. The number of hydrogen-bond acceptors (Lipinski definition) is 0. The maximum Gasteiger partial charge on any atom is 0.113 e. The Kier molecular flexibility index (Phi) is 1.91. The van der Waals surface area contributed by atoms with E-state index in [1.165, 1.54) is 10.9 Å². The maximum atomic E-state index is 5.80. The van der Waals surface area contributed by atoms with E-state index >= 15 is 0 Å². The van der Waals surface area contributed by atoms with Gasteiger partial charge in [0.05, 0.1) is 0 Å². The standard InChI is InChI=1S/C11H12BN/c1-7(2)10-5-8(12)6-11-9(10)3-4-13-11/h3-7,13H,1-2H3. The van der Waals surface area contributed by atoms with Crippen molar-refractivity contribution in [2.45, 2.75) is 19.8 Å². The molecule has 64 valence electrons. The Morgan fingerprint density at radius 1 is 1.31 bits per heavy atom. The molecule has 2 heteroatoms. The molecule has 1 N–H and O–H groups in total. The lowest BCUT2D eigenvalue weighted by molar-refractivity contribution is 0.877. The number of nitrogens with one attached hydrogen (secondary N) is 1. The minimum Gasteiger partial charge on any atom is -0.361 e. The molecule has 2 aromatic rings. The third-order valence-corrected chi connectivity index (χ3v) is 2.35. The van der Waals surface area contributed by atoms with E-state index in [0.717, 1.165) is 11.0 Å². The Hall–Kier alpha value is -1.18. The second kappa shape index (κ2) is 2.95. The van der Waals surface area contributed by atoms with Crippen LogP contribution in [0.25, 0.3) is 10.9 Å². The van der Waals surface area contributed by atoms with Crippen LogP contribution >= 0.6 is 0 Å². The van der Waals surface area contributed by atoms with Crippen molar-refractivity contribution in [1.29, 1.82) is 0 Å². The lowest BCUT2D eigenvalue weighted by atomic mass is 9.89. The summed E-state index contributed by atoms with van der Waals surface area (Å²) in [5.41, 5.74) is 3.28. The Labute approximate surface area is 79.6 Å². The molecule has 2 rings (SSSR count). The zero-order valence-corrected chi connectivity index (χ0v) is 7.96. The first kappa shape index (κ1) is 8.42. The zero-order chi connectivity index (χ0) is 9.42.